The number of alkyl halides is 3. The smallest absolute Gasteiger partial charge is 0.416 e. The molecular weight excluding hydrogens is 411 g/mol. The van der Waals surface area contributed by atoms with Crippen LogP contribution in [0.4, 0.5) is 18.9 Å². The molecule has 1 aromatic carbocycles. The van der Waals surface area contributed by atoms with E-state index in [0.29, 0.717) is 28.5 Å². The summed E-state index contributed by atoms with van der Waals surface area (Å²) in [6, 6.07) is 8.01. The topological polar surface area (TPSA) is 72.6 Å². The fourth-order valence-electron chi connectivity index (χ4n) is 3.05. The van der Waals surface area contributed by atoms with Crippen LogP contribution < -0.4 is 9.64 Å². The summed E-state index contributed by atoms with van der Waals surface area (Å²) in [6.45, 7) is 0. The SMILES string of the molecule is COc1cc(N(C)C(=O)c2cn3c(-c4ccc(C(F)(F)F)cc4)cnc3cn2)ccn1. The molecule has 0 spiro atoms. The number of hydrogen-bond acceptors (Lipinski definition) is 5. The minimum absolute atomic E-state index is 0.136. The third-order valence-electron chi connectivity index (χ3n) is 4.74. The van der Waals surface area contributed by atoms with Crippen LogP contribution in [0.1, 0.15) is 16.1 Å². The number of aromatic nitrogens is 4. The fraction of sp³-hybridized carbons (Fsp3) is 0.143. The summed E-state index contributed by atoms with van der Waals surface area (Å²) < 4.78 is 45.2. The Bertz CT molecular complexity index is 1250. The van der Waals surface area contributed by atoms with Gasteiger partial charge in [0.05, 0.1) is 36.4 Å². The summed E-state index contributed by atoms with van der Waals surface area (Å²) in [4.78, 5) is 26.8. The molecule has 10 heteroatoms. The number of amides is 1. The molecule has 4 aromatic rings. The van der Waals surface area contributed by atoms with Gasteiger partial charge in [-0.05, 0) is 18.2 Å². The van der Waals surface area contributed by atoms with E-state index in [0.717, 1.165) is 12.1 Å². The minimum atomic E-state index is -4.41. The van der Waals surface area contributed by atoms with Gasteiger partial charge in [-0.25, -0.2) is 15.0 Å². The number of carbonyl (C=O) groups is 1. The number of pyridine rings is 1. The van der Waals surface area contributed by atoms with Gasteiger partial charge < -0.3 is 9.64 Å². The van der Waals surface area contributed by atoms with Crippen molar-refractivity contribution in [2.45, 2.75) is 6.18 Å². The van der Waals surface area contributed by atoms with Crippen LogP contribution in [-0.2, 0) is 6.18 Å². The Labute approximate surface area is 174 Å². The molecule has 0 N–H and O–H groups in total. The molecule has 4 rings (SSSR count). The molecule has 0 unspecified atom stereocenters. The largest absolute Gasteiger partial charge is 0.481 e. The first kappa shape index (κ1) is 20.3. The van der Waals surface area contributed by atoms with Gasteiger partial charge in [0, 0.05) is 31.1 Å². The van der Waals surface area contributed by atoms with E-state index in [-0.39, 0.29) is 11.6 Å². The van der Waals surface area contributed by atoms with E-state index >= 15 is 0 Å². The molecule has 0 aliphatic rings. The Morgan fingerprint density at radius 3 is 2.48 bits per heavy atom. The van der Waals surface area contributed by atoms with Crippen molar-refractivity contribution in [1.82, 2.24) is 19.4 Å². The minimum Gasteiger partial charge on any atom is -0.481 e. The molecule has 0 atom stereocenters. The zero-order valence-corrected chi connectivity index (χ0v) is 16.5. The fourth-order valence-corrected chi connectivity index (χ4v) is 3.05. The van der Waals surface area contributed by atoms with Crippen LogP contribution in [0.3, 0.4) is 0 Å². The Kier molecular flexibility index (Phi) is 5.05. The molecule has 3 aromatic heterocycles. The van der Waals surface area contributed by atoms with Crippen LogP contribution in [0.5, 0.6) is 5.88 Å². The lowest BCUT2D eigenvalue weighted by Crippen LogP contribution is -2.27. The highest BCUT2D eigenvalue weighted by molar-refractivity contribution is 6.04. The Morgan fingerprint density at radius 1 is 1.06 bits per heavy atom. The predicted molar refractivity (Wildman–Crippen MR) is 107 cm³/mol. The van der Waals surface area contributed by atoms with E-state index in [1.165, 1.54) is 48.9 Å². The van der Waals surface area contributed by atoms with Gasteiger partial charge in [-0.15, -0.1) is 0 Å². The summed E-state index contributed by atoms with van der Waals surface area (Å²) in [6.07, 6.45) is 1.56. The van der Waals surface area contributed by atoms with Gasteiger partial charge in [-0.1, -0.05) is 12.1 Å². The van der Waals surface area contributed by atoms with E-state index in [9.17, 15) is 18.0 Å². The van der Waals surface area contributed by atoms with E-state index < -0.39 is 11.7 Å². The van der Waals surface area contributed by atoms with Gasteiger partial charge in [-0.2, -0.15) is 13.2 Å². The lowest BCUT2D eigenvalue weighted by Gasteiger charge is -2.17. The number of ether oxygens (including phenoxy) is 1. The van der Waals surface area contributed by atoms with E-state index in [2.05, 4.69) is 15.0 Å². The number of carbonyl (C=O) groups excluding carboxylic acids is 1. The van der Waals surface area contributed by atoms with E-state index in [4.69, 9.17) is 4.74 Å². The Morgan fingerprint density at radius 2 is 1.81 bits per heavy atom. The maximum Gasteiger partial charge on any atom is 0.416 e. The summed E-state index contributed by atoms with van der Waals surface area (Å²) in [5, 5.41) is 0. The highest BCUT2D eigenvalue weighted by atomic mass is 19.4. The van der Waals surface area contributed by atoms with Crippen molar-refractivity contribution in [3.05, 3.63) is 72.4 Å². The number of methoxy groups -OCH3 is 1. The number of benzene rings is 1. The van der Waals surface area contributed by atoms with Crippen molar-refractivity contribution in [2.75, 3.05) is 19.1 Å². The van der Waals surface area contributed by atoms with Crippen LogP contribution in [0, 0.1) is 0 Å². The lowest BCUT2D eigenvalue weighted by atomic mass is 10.1. The zero-order chi connectivity index (χ0) is 22.2. The highest BCUT2D eigenvalue weighted by Crippen LogP contribution is 2.31. The molecule has 0 bridgehead atoms. The Hall–Kier alpha value is -3.95. The van der Waals surface area contributed by atoms with Crippen LogP contribution in [0.15, 0.2) is 61.2 Å². The number of nitrogens with zero attached hydrogens (tertiary/aromatic N) is 5. The van der Waals surface area contributed by atoms with E-state index in [1.54, 1.807) is 23.6 Å². The van der Waals surface area contributed by atoms with Gasteiger partial charge in [-0.3, -0.25) is 9.20 Å². The molecule has 3 heterocycles. The zero-order valence-electron chi connectivity index (χ0n) is 16.5. The Balaban J connectivity index is 1.68. The van der Waals surface area contributed by atoms with Crippen molar-refractivity contribution < 1.29 is 22.7 Å². The summed E-state index contributed by atoms with van der Waals surface area (Å²) in [7, 11) is 3.07. The molecule has 0 fully saturated rings. The number of anilines is 1. The summed E-state index contributed by atoms with van der Waals surface area (Å²) in [5.74, 6) is -0.0259. The molecular formula is C21H16F3N5O2. The second-order valence-electron chi connectivity index (χ2n) is 6.64. The maximum absolute atomic E-state index is 13.0. The average molecular weight is 427 g/mol. The van der Waals surface area contributed by atoms with Gasteiger partial charge in [0.25, 0.3) is 5.91 Å². The molecule has 158 valence electrons. The summed E-state index contributed by atoms with van der Waals surface area (Å²) >= 11 is 0. The quantitative estimate of drug-likeness (QED) is 0.491. The monoisotopic (exact) mass is 427 g/mol. The second-order valence-corrected chi connectivity index (χ2v) is 6.64. The molecule has 0 aliphatic heterocycles. The summed E-state index contributed by atoms with van der Waals surface area (Å²) in [5.41, 5.74) is 1.48. The third-order valence-corrected chi connectivity index (χ3v) is 4.74. The van der Waals surface area contributed by atoms with Crippen LogP contribution in [0.25, 0.3) is 16.9 Å². The third kappa shape index (κ3) is 3.91. The maximum atomic E-state index is 13.0. The first-order valence-corrected chi connectivity index (χ1v) is 9.07. The number of rotatable bonds is 4. The molecule has 1 amide bonds. The van der Waals surface area contributed by atoms with Crippen molar-refractivity contribution in [1.29, 1.82) is 0 Å². The van der Waals surface area contributed by atoms with Gasteiger partial charge in [0.2, 0.25) is 5.88 Å². The molecule has 7 nitrogen and oxygen atoms in total. The molecule has 0 saturated carbocycles. The molecule has 0 saturated heterocycles. The van der Waals surface area contributed by atoms with Crippen molar-refractivity contribution in [3.63, 3.8) is 0 Å². The van der Waals surface area contributed by atoms with Crippen LogP contribution in [-0.4, -0.2) is 39.4 Å². The molecule has 31 heavy (non-hydrogen) atoms. The molecule has 0 radical (unpaired) electrons. The van der Waals surface area contributed by atoms with Crippen molar-refractivity contribution in [2.24, 2.45) is 0 Å². The van der Waals surface area contributed by atoms with Crippen molar-refractivity contribution >= 4 is 17.2 Å². The number of imidazole rings is 1. The average Bonchev–Trinajstić information content (AvgIpc) is 3.21. The standard InChI is InChI=1S/C21H16F3N5O2/c1-28(15-7-8-25-19(9-15)31-2)20(30)16-12-29-17(10-27-18(29)11-26-16)13-3-5-14(6-4-13)21(22,23)24/h3-12H,1-2H3. The van der Waals surface area contributed by atoms with Crippen LogP contribution in [0.2, 0.25) is 0 Å². The van der Waals surface area contributed by atoms with Gasteiger partial charge in [0.1, 0.15) is 5.69 Å². The first-order valence-electron chi connectivity index (χ1n) is 9.07. The normalized spacial score (nSPS) is 11.5. The highest BCUT2D eigenvalue weighted by Gasteiger charge is 2.30. The van der Waals surface area contributed by atoms with E-state index in [1.807, 2.05) is 0 Å². The van der Waals surface area contributed by atoms with Gasteiger partial charge in [0.15, 0.2) is 5.65 Å². The lowest BCUT2D eigenvalue weighted by molar-refractivity contribution is -0.137. The van der Waals surface area contributed by atoms with Gasteiger partial charge >= 0.3 is 6.18 Å². The van der Waals surface area contributed by atoms with Crippen LogP contribution >= 0.6 is 0 Å². The predicted octanol–water partition coefficient (Wildman–Crippen LogP) is 4.10. The van der Waals surface area contributed by atoms with Crippen molar-refractivity contribution in [3.8, 4) is 17.1 Å². The first-order chi connectivity index (χ1) is 14.8. The molecule has 0 aliphatic carbocycles. The number of fused-ring (bicyclic) bond motifs is 1. The number of halogens is 3. The number of hydrogen-bond donors (Lipinski definition) is 0. The second kappa shape index (κ2) is 7.71.